The number of thiophene rings is 1. The van der Waals surface area contributed by atoms with Gasteiger partial charge in [-0.2, -0.15) is 0 Å². The molecule has 1 aromatic heterocycles. The van der Waals surface area contributed by atoms with Gasteiger partial charge in [0.05, 0.1) is 7.11 Å². The Balaban J connectivity index is 2.34. The molecular weight excluding hydrogens is 326 g/mol. The van der Waals surface area contributed by atoms with E-state index < -0.39 is 23.5 Å². The minimum Gasteiger partial charge on any atom is -0.496 e. The summed E-state index contributed by atoms with van der Waals surface area (Å²) in [5.74, 6) is -0.438. The van der Waals surface area contributed by atoms with Gasteiger partial charge in [0.2, 0.25) is 6.10 Å². The Kier molecular flexibility index (Phi) is 5.62. The monoisotopic (exact) mass is 347 g/mol. The second-order valence-corrected chi connectivity index (χ2v) is 7.19. The van der Waals surface area contributed by atoms with E-state index in [0.717, 1.165) is 0 Å². The zero-order chi connectivity index (χ0) is 17.7. The number of carbonyl (C=O) groups excluding carboxylic acids is 2. The lowest BCUT2D eigenvalue weighted by molar-refractivity contribution is -0.131. The predicted molar refractivity (Wildman–Crippen MR) is 93.4 cm³/mol. The number of benzene rings is 1. The molecule has 1 unspecified atom stereocenters. The maximum absolute atomic E-state index is 12.7. The number of esters is 1. The number of carbonyl (C=O) groups is 2. The van der Waals surface area contributed by atoms with E-state index >= 15 is 0 Å². The number of nitrogens with one attached hydrogen (secondary N) is 1. The lowest BCUT2D eigenvalue weighted by atomic mass is 10.0. The molecule has 0 saturated heterocycles. The summed E-state index contributed by atoms with van der Waals surface area (Å²) in [6.07, 6.45) is -1.09. The first-order chi connectivity index (χ1) is 11.3. The fourth-order valence-electron chi connectivity index (χ4n) is 2.14. The molecule has 24 heavy (non-hydrogen) atoms. The molecule has 0 aliphatic carbocycles. The van der Waals surface area contributed by atoms with Gasteiger partial charge < -0.3 is 14.8 Å². The third-order valence-corrected chi connectivity index (χ3v) is 3.95. The lowest BCUT2D eigenvalue weighted by Gasteiger charge is -2.25. The minimum absolute atomic E-state index is 0.392. The fraction of sp³-hybridized carbons (Fsp3) is 0.333. The summed E-state index contributed by atoms with van der Waals surface area (Å²) in [6.45, 7) is 5.60. The highest BCUT2D eigenvalue weighted by molar-refractivity contribution is 7.11. The van der Waals surface area contributed by atoms with E-state index in [1.807, 2.05) is 20.8 Å². The van der Waals surface area contributed by atoms with Gasteiger partial charge in [-0.3, -0.25) is 4.79 Å². The number of rotatable bonds is 5. The zero-order valence-electron chi connectivity index (χ0n) is 14.2. The maximum Gasteiger partial charge on any atom is 0.349 e. The first kappa shape index (κ1) is 18.0. The van der Waals surface area contributed by atoms with Crippen molar-refractivity contribution in [2.45, 2.75) is 32.4 Å². The molecule has 0 saturated carbocycles. The van der Waals surface area contributed by atoms with E-state index in [1.165, 1.54) is 18.4 Å². The van der Waals surface area contributed by atoms with Crippen molar-refractivity contribution in [2.75, 3.05) is 7.11 Å². The van der Waals surface area contributed by atoms with Gasteiger partial charge in [-0.15, -0.1) is 11.3 Å². The third kappa shape index (κ3) is 4.58. The summed E-state index contributed by atoms with van der Waals surface area (Å²) < 4.78 is 10.8. The standard InChI is InChI=1S/C18H21NO4S/c1-18(2,3)19-16(20)15(12-8-5-6-9-13(12)22-4)23-17(21)14-10-7-11-24-14/h5-11,15H,1-4H3,(H,19,20). The summed E-state index contributed by atoms with van der Waals surface area (Å²) in [4.78, 5) is 25.5. The number of methoxy groups -OCH3 is 1. The third-order valence-electron chi connectivity index (χ3n) is 3.10. The zero-order valence-corrected chi connectivity index (χ0v) is 15.0. The number of amides is 1. The largest absolute Gasteiger partial charge is 0.496 e. The molecule has 6 heteroatoms. The average Bonchev–Trinajstić information content (AvgIpc) is 3.05. The van der Waals surface area contributed by atoms with Gasteiger partial charge >= 0.3 is 5.97 Å². The van der Waals surface area contributed by atoms with E-state index in [2.05, 4.69) is 5.32 Å². The summed E-state index contributed by atoms with van der Waals surface area (Å²) in [6, 6.07) is 10.4. The summed E-state index contributed by atoms with van der Waals surface area (Å²) >= 11 is 1.27. The van der Waals surface area contributed by atoms with Gasteiger partial charge in [0, 0.05) is 11.1 Å². The lowest BCUT2D eigenvalue weighted by Crippen LogP contribution is -2.44. The predicted octanol–water partition coefficient (Wildman–Crippen LogP) is 3.57. The Morgan fingerprint density at radius 2 is 1.83 bits per heavy atom. The molecule has 0 radical (unpaired) electrons. The summed E-state index contributed by atoms with van der Waals surface area (Å²) in [7, 11) is 1.51. The van der Waals surface area contributed by atoms with Crippen LogP contribution < -0.4 is 10.1 Å². The topological polar surface area (TPSA) is 64.6 Å². The minimum atomic E-state index is -1.09. The molecule has 0 bridgehead atoms. The van der Waals surface area contributed by atoms with E-state index in [1.54, 1.807) is 41.8 Å². The van der Waals surface area contributed by atoms with Crippen molar-refractivity contribution >= 4 is 23.2 Å². The van der Waals surface area contributed by atoms with Crippen LogP contribution in [0.3, 0.4) is 0 Å². The van der Waals surface area contributed by atoms with Crippen LogP contribution in [0.2, 0.25) is 0 Å². The van der Waals surface area contributed by atoms with Crippen LogP contribution in [0.4, 0.5) is 0 Å². The fourth-order valence-corrected chi connectivity index (χ4v) is 2.74. The van der Waals surface area contributed by atoms with E-state index in [-0.39, 0.29) is 0 Å². The molecule has 128 valence electrons. The number of ether oxygens (including phenoxy) is 2. The van der Waals surface area contributed by atoms with Crippen LogP contribution in [0.25, 0.3) is 0 Å². The van der Waals surface area contributed by atoms with Crippen LogP contribution >= 0.6 is 11.3 Å². The van der Waals surface area contributed by atoms with Crippen LogP contribution in [-0.2, 0) is 9.53 Å². The smallest absolute Gasteiger partial charge is 0.349 e. The molecule has 1 heterocycles. The molecule has 1 atom stereocenters. The van der Waals surface area contributed by atoms with Crippen molar-refractivity contribution in [3.8, 4) is 5.75 Å². The average molecular weight is 347 g/mol. The molecular formula is C18H21NO4S. The first-order valence-electron chi connectivity index (χ1n) is 7.51. The van der Waals surface area contributed by atoms with E-state index in [9.17, 15) is 9.59 Å². The van der Waals surface area contributed by atoms with Crippen molar-refractivity contribution in [2.24, 2.45) is 0 Å². The molecule has 2 aromatic rings. The Bertz CT molecular complexity index is 704. The number of hydrogen-bond acceptors (Lipinski definition) is 5. The van der Waals surface area contributed by atoms with Crippen LogP contribution in [0.15, 0.2) is 41.8 Å². The number of hydrogen-bond donors (Lipinski definition) is 1. The Hall–Kier alpha value is -2.34. The summed E-state index contributed by atoms with van der Waals surface area (Å²) in [5, 5.41) is 4.63. The van der Waals surface area contributed by atoms with Crippen LogP contribution in [0.1, 0.15) is 42.1 Å². The van der Waals surface area contributed by atoms with Crippen molar-refractivity contribution in [1.82, 2.24) is 5.32 Å². The highest BCUT2D eigenvalue weighted by Gasteiger charge is 2.30. The SMILES string of the molecule is COc1ccccc1C(OC(=O)c1cccs1)C(=O)NC(C)(C)C. The molecule has 0 spiro atoms. The van der Waals surface area contributed by atoms with Crippen molar-refractivity contribution < 1.29 is 19.1 Å². The molecule has 1 aromatic carbocycles. The quantitative estimate of drug-likeness (QED) is 0.840. The Morgan fingerprint density at radius 1 is 1.12 bits per heavy atom. The number of para-hydroxylation sites is 1. The molecule has 5 nitrogen and oxygen atoms in total. The first-order valence-corrected chi connectivity index (χ1v) is 8.39. The van der Waals surface area contributed by atoms with E-state index in [0.29, 0.717) is 16.2 Å². The molecule has 0 fully saturated rings. The maximum atomic E-state index is 12.7. The van der Waals surface area contributed by atoms with Gasteiger partial charge in [-0.05, 0) is 38.3 Å². The van der Waals surface area contributed by atoms with Crippen LogP contribution in [0.5, 0.6) is 5.75 Å². The van der Waals surface area contributed by atoms with Crippen molar-refractivity contribution in [3.63, 3.8) is 0 Å². The Morgan fingerprint density at radius 3 is 2.42 bits per heavy atom. The molecule has 1 amide bonds. The Labute approximate surface area is 145 Å². The van der Waals surface area contributed by atoms with Gasteiger partial charge in [0.15, 0.2) is 0 Å². The highest BCUT2D eigenvalue weighted by atomic mass is 32.1. The van der Waals surface area contributed by atoms with Gasteiger partial charge in [0.1, 0.15) is 10.6 Å². The molecule has 1 N–H and O–H groups in total. The molecule has 2 rings (SSSR count). The van der Waals surface area contributed by atoms with Crippen molar-refractivity contribution in [3.05, 3.63) is 52.2 Å². The van der Waals surface area contributed by atoms with Crippen LogP contribution in [-0.4, -0.2) is 24.5 Å². The van der Waals surface area contributed by atoms with Crippen molar-refractivity contribution in [1.29, 1.82) is 0 Å². The van der Waals surface area contributed by atoms with Gasteiger partial charge in [-0.25, -0.2) is 4.79 Å². The molecule has 0 aliphatic rings. The van der Waals surface area contributed by atoms with E-state index in [4.69, 9.17) is 9.47 Å². The summed E-state index contributed by atoms with van der Waals surface area (Å²) in [5.41, 5.74) is 0.0545. The highest BCUT2D eigenvalue weighted by Crippen LogP contribution is 2.29. The van der Waals surface area contributed by atoms with Crippen LogP contribution in [0, 0.1) is 0 Å². The second-order valence-electron chi connectivity index (χ2n) is 6.24. The van der Waals surface area contributed by atoms with Gasteiger partial charge in [-0.1, -0.05) is 24.3 Å². The van der Waals surface area contributed by atoms with Gasteiger partial charge in [0.25, 0.3) is 5.91 Å². The second kappa shape index (κ2) is 7.49. The molecule has 0 aliphatic heterocycles. The normalized spacial score (nSPS) is 12.3.